The van der Waals surface area contributed by atoms with Crippen molar-refractivity contribution in [2.75, 3.05) is 4.90 Å². The molecule has 0 amide bonds. The minimum atomic E-state index is -0.451. The molecular formula is C55H41NO. The predicted octanol–water partition coefficient (Wildman–Crippen LogP) is 14.7. The number of rotatable bonds is 11. The molecule has 7 aromatic carbocycles. The number of hydrogen-bond acceptors (Lipinski definition) is 2. The normalized spacial score (nSPS) is 13.6. The molecule has 1 aliphatic rings. The number of fused-ring (bicyclic) bond motifs is 6. The molecule has 1 heterocycles. The van der Waals surface area contributed by atoms with Gasteiger partial charge in [-0.05, 0) is 93.1 Å². The van der Waals surface area contributed by atoms with E-state index < -0.39 is 5.41 Å². The van der Waals surface area contributed by atoms with Gasteiger partial charge in [0.1, 0.15) is 11.2 Å². The minimum Gasteiger partial charge on any atom is -0.456 e. The molecule has 0 aliphatic heterocycles. The Hall–Kier alpha value is -7.42. The van der Waals surface area contributed by atoms with E-state index in [1.807, 2.05) is 30.4 Å². The molecule has 2 heteroatoms. The highest BCUT2D eigenvalue weighted by atomic mass is 16.3. The maximum atomic E-state index is 6.54. The third kappa shape index (κ3) is 6.48. The molecule has 0 atom stereocenters. The van der Waals surface area contributed by atoms with Crippen LogP contribution in [0.3, 0.4) is 0 Å². The third-order valence-electron chi connectivity index (χ3n) is 10.9. The number of nitrogens with zero attached hydrogens (tertiary/aromatic N) is 1. The van der Waals surface area contributed by atoms with E-state index in [9.17, 15) is 0 Å². The fraction of sp³-hybridized carbons (Fsp3) is 0.0182. The molecule has 57 heavy (non-hydrogen) atoms. The van der Waals surface area contributed by atoms with Crippen molar-refractivity contribution >= 4 is 33.3 Å². The Morgan fingerprint density at radius 1 is 0.526 bits per heavy atom. The molecule has 0 radical (unpaired) electrons. The Morgan fingerprint density at radius 2 is 1.12 bits per heavy atom. The van der Waals surface area contributed by atoms with Crippen LogP contribution in [0.25, 0.3) is 44.2 Å². The van der Waals surface area contributed by atoms with E-state index in [0.29, 0.717) is 0 Å². The Labute approximate surface area is 334 Å². The molecule has 8 aromatic rings. The molecule has 0 saturated heterocycles. The van der Waals surface area contributed by atoms with Gasteiger partial charge in [-0.2, -0.15) is 0 Å². The first kappa shape index (κ1) is 35.3. The van der Waals surface area contributed by atoms with Gasteiger partial charge in [-0.1, -0.05) is 183 Å². The second kappa shape index (κ2) is 15.4. The zero-order valence-corrected chi connectivity index (χ0v) is 31.6. The first-order valence-corrected chi connectivity index (χ1v) is 19.3. The lowest BCUT2D eigenvalue weighted by atomic mass is 9.72. The van der Waals surface area contributed by atoms with Gasteiger partial charge in [0.25, 0.3) is 0 Å². The molecule has 9 rings (SSSR count). The van der Waals surface area contributed by atoms with E-state index in [4.69, 9.17) is 4.42 Å². The lowest BCUT2D eigenvalue weighted by Crippen LogP contribution is -2.24. The molecule has 1 aromatic heterocycles. The van der Waals surface area contributed by atoms with E-state index in [1.165, 1.54) is 27.8 Å². The van der Waals surface area contributed by atoms with Crippen molar-refractivity contribution in [2.45, 2.75) is 5.41 Å². The van der Waals surface area contributed by atoms with Crippen LogP contribution < -0.4 is 4.90 Å². The van der Waals surface area contributed by atoms with Gasteiger partial charge in [0.2, 0.25) is 0 Å². The van der Waals surface area contributed by atoms with Crippen LogP contribution in [-0.2, 0) is 5.41 Å². The monoisotopic (exact) mass is 731 g/mol. The van der Waals surface area contributed by atoms with Crippen molar-refractivity contribution in [3.05, 3.63) is 266 Å². The average Bonchev–Trinajstić information content (AvgIpc) is 3.79. The van der Waals surface area contributed by atoms with Crippen LogP contribution in [0.2, 0.25) is 0 Å². The van der Waals surface area contributed by atoms with Crippen LogP contribution in [0, 0.1) is 0 Å². The van der Waals surface area contributed by atoms with Gasteiger partial charge in [-0.15, -0.1) is 0 Å². The van der Waals surface area contributed by atoms with Crippen molar-refractivity contribution in [3.63, 3.8) is 0 Å². The number of furan rings is 1. The zero-order chi connectivity index (χ0) is 38.6. The standard InChI is InChI=1S/C55H41NO/c1-3-19-40(36-37-55(43-23-10-6-11-24-43)51-30-16-14-28-47(51)48-29-15-17-31-52(48)55)20-18-27-44(4-2)56(45-25-12-7-13-26-45)46-33-35-50-49-34-32-42(41-21-8-5-9-22-41)38-53(49)57-54(50)39-46/h3-39H,1-2H2/b20-18+,37-36+,40-19-,44-27+. The fourth-order valence-electron chi connectivity index (χ4n) is 8.31. The van der Waals surface area contributed by atoms with Crippen LogP contribution >= 0.6 is 0 Å². The highest BCUT2D eigenvalue weighted by Crippen LogP contribution is 2.53. The third-order valence-corrected chi connectivity index (χ3v) is 10.9. The predicted molar refractivity (Wildman–Crippen MR) is 241 cm³/mol. The summed E-state index contributed by atoms with van der Waals surface area (Å²) in [6.07, 6.45) is 16.7. The molecule has 0 saturated carbocycles. The summed E-state index contributed by atoms with van der Waals surface area (Å²) in [6.45, 7) is 8.33. The summed E-state index contributed by atoms with van der Waals surface area (Å²) < 4.78 is 6.54. The van der Waals surface area contributed by atoms with E-state index in [0.717, 1.165) is 55.7 Å². The molecular weight excluding hydrogens is 691 g/mol. The highest BCUT2D eigenvalue weighted by molar-refractivity contribution is 6.07. The van der Waals surface area contributed by atoms with E-state index in [2.05, 4.69) is 212 Å². The summed E-state index contributed by atoms with van der Waals surface area (Å²) in [5.41, 5.74) is 13.8. The molecule has 0 N–H and O–H groups in total. The lowest BCUT2D eigenvalue weighted by Gasteiger charge is -2.30. The Balaban J connectivity index is 1.08. The van der Waals surface area contributed by atoms with Crippen molar-refractivity contribution in [1.82, 2.24) is 0 Å². The van der Waals surface area contributed by atoms with E-state index in [1.54, 1.807) is 0 Å². The highest BCUT2D eigenvalue weighted by Gasteiger charge is 2.42. The van der Waals surface area contributed by atoms with Crippen LogP contribution in [0.1, 0.15) is 16.7 Å². The number of allylic oxidation sites excluding steroid dienone is 9. The second-order valence-corrected chi connectivity index (χ2v) is 14.2. The first-order valence-electron chi connectivity index (χ1n) is 19.3. The van der Waals surface area contributed by atoms with Crippen LogP contribution in [0.5, 0.6) is 0 Å². The van der Waals surface area contributed by atoms with Crippen LogP contribution in [0.15, 0.2) is 253 Å². The molecule has 0 spiro atoms. The van der Waals surface area contributed by atoms with E-state index in [-0.39, 0.29) is 0 Å². The second-order valence-electron chi connectivity index (χ2n) is 14.2. The van der Waals surface area contributed by atoms with Crippen molar-refractivity contribution in [2.24, 2.45) is 0 Å². The van der Waals surface area contributed by atoms with Crippen molar-refractivity contribution in [1.29, 1.82) is 0 Å². The number of para-hydroxylation sites is 1. The van der Waals surface area contributed by atoms with Crippen LogP contribution in [-0.4, -0.2) is 0 Å². The summed E-state index contributed by atoms with van der Waals surface area (Å²) >= 11 is 0. The molecule has 0 unspecified atom stereocenters. The van der Waals surface area contributed by atoms with Gasteiger partial charge in [-0.3, -0.25) is 0 Å². The number of benzene rings is 7. The van der Waals surface area contributed by atoms with Gasteiger partial charge in [0, 0.05) is 33.9 Å². The topological polar surface area (TPSA) is 16.4 Å². The summed E-state index contributed by atoms with van der Waals surface area (Å²) in [4.78, 5) is 2.21. The van der Waals surface area contributed by atoms with E-state index >= 15 is 0 Å². The van der Waals surface area contributed by atoms with Gasteiger partial charge in [0.05, 0.1) is 5.41 Å². The minimum absolute atomic E-state index is 0.451. The van der Waals surface area contributed by atoms with Gasteiger partial charge < -0.3 is 9.32 Å². The maximum Gasteiger partial charge on any atom is 0.137 e. The molecule has 1 aliphatic carbocycles. The van der Waals surface area contributed by atoms with Crippen molar-refractivity contribution < 1.29 is 4.42 Å². The van der Waals surface area contributed by atoms with Gasteiger partial charge in [-0.25, -0.2) is 0 Å². The molecule has 0 fully saturated rings. The van der Waals surface area contributed by atoms with Gasteiger partial charge >= 0.3 is 0 Å². The quantitative estimate of drug-likeness (QED) is 0.123. The summed E-state index contributed by atoms with van der Waals surface area (Å²) in [7, 11) is 0. The van der Waals surface area contributed by atoms with Crippen molar-refractivity contribution in [3.8, 4) is 22.3 Å². The van der Waals surface area contributed by atoms with Crippen LogP contribution in [0.4, 0.5) is 11.4 Å². The smallest absolute Gasteiger partial charge is 0.137 e. The molecule has 0 bridgehead atoms. The Kier molecular flexibility index (Phi) is 9.52. The Morgan fingerprint density at radius 3 is 1.79 bits per heavy atom. The summed E-state index contributed by atoms with van der Waals surface area (Å²) in [6, 6.07) is 62.0. The van der Waals surface area contributed by atoms with Gasteiger partial charge in [0.15, 0.2) is 0 Å². The Bertz CT molecular complexity index is 2820. The zero-order valence-electron chi connectivity index (χ0n) is 31.6. The SMILES string of the molecule is C=C/C=C(/C=C/C=C(\C=C)N(c1ccccc1)c1ccc2c(c1)oc1cc(-c3ccccc3)ccc12)\C=C\C1(c2ccccc2)c2ccccc2-c2ccccc21. The molecule has 272 valence electrons. The maximum absolute atomic E-state index is 6.54. The molecule has 2 nitrogen and oxygen atoms in total. The lowest BCUT2D eigenvalue weighted by molar-refractivity contribution is 0.669. The summed E-state index contributed by atoms with van der Waals surface area (Å²) in [5, 5.41) is 2.18. The summed E-state index contributed by atoms with van der Waals surface area (Å²) in [5.74, 6) is 0. The average molecular weight is 732 g/mol. The first-order chi connectivity index (χ1) is 28.2. The number of anilines is 2. The number of hydrogen-bond donors (Lipinski definition) is 0. The largest absolute Gasteiger partial charge is 0.456 e. The fourth-order valence-corrected chi connectivity index (χ4v) is 8.31.